The molecule has 0 amide bonds. The minimum absolute atomic E-state index is 0.601. The zero-order chi connectivity index (χ0) is 15.5. The van der Waals surface area contributed by atoms with Crippen molar-refractivity contribution in [2.45, 2.75) is 29.6 Å². The summed E-state index contributed by atoms with van der Waals surface area (Å²) >= 11 is 1.71. The van der Waals surface area contributed by atoms with Crippen LogP contribution >= 0.6 is 11.8 Å². The molecule has 114 valence electrons. The first-order valence-corrected chi connectivity index (χ1v) is 8.31. The van der Waals surface area contributed by atoms with Crippen molar-refractivity contribution in [1.82, 2.24) is 0 Å². The van der Waals surface area contributed by atoms with E-state index in [0.29, 0.717) is 11.3 Å². The average molecular weight is 313 g/mol. The van der Waals surface area contributed by atoms with E-state index < -0.39 is 0 Å². The van der Waals surface area contributed by atoms with Crippen molar-refractivity contribution in [1.29, 1.82) is 0 Å². The van der Waals surface area contributed by atoms with E-state index in [1.54, 1.807) is 18.9 Å². The second-order valence-corrected chi connectivity index (χ2v) is 6.34. The zero-order valence-corrected chi connectivity index (χ0v) is 13.7. The fraction of sp³-hybridized carbons (Fsp3) is 0.278. The first kappa shape index (κ1) is 15.0. The van der Waals surface area contributed by atoms with Gasteiger partial charge in [0.1, 0.15) is 5.75 Å². The number of aldehydes is 1. The summed E-state index contributed by atoms with van der Waals surface area (Å²) in [5.41, 5.74) is 2.96. The maximum absolute atomic E-state index is 11.3. The van der Waals surface area contributed by atoms with Gasteiger partial charge in [0.25, 0.3) is 0 Å². The highest BCUT2D eigenvalue weighted by atomic mass is 32.2. The molecule has 1 aliphatic rings. The molecule has 0 radical (unpaired) electrons. The Morgan fingerprint density at radius 2 is 2.00 bits per heavy atom. The van der Waals surface area contributed by atoms with E-state index in [1.807, 2.05) is 12.1 Å². The van der Waals surface area contributed by atoms with E-state index in [1.165, 1.54) is 10.6 Å². The Morgan fingerprint density at radius 3 is 2.73 bits per heavy atom. The molecule has 3 nitrogen and oxygen atoms in total. The minimum Gasteiger partial charge on any atom is -0.496 e. The normalized spacial score (nSPS) is 12.5. The molecule has 0 unspecified atom stereocenters. The number of ether oxygens (including phenoxy) is 1. The van der Waals surface area contributed by atoms with Crippen LogP contribution in [0.1, 0.15) is 30.1 Å². The molecular formula is C18H19NO2S. The van der Waals surface area contributed by atoms with Crippen LogP contribution in [0.15, 0.2) is 46.2 Å². The van der Waals surface area contributed by atoms with Crippen LogP contribution in [-0.2, 0) is 0 Å². The minimum atomic E-state index is 0.601. The maximum Gasteiger partial charge on any atom is 0.153 e. The second kappa shape index (κ2) is 6.44. The van der Waals surface area contributed by atoms with Gasteiger partial charge in [-0.05, 0) is 24.6 Å². The molecule has 22 heavy (non-hydrogen) atoms. The lowest BCUT2D eigenvalue weighted by Gasteiger charge is -2.33. The topological polar surface area (TPSA) is 29.5 Å². The summed E-state index contributed by atoms with van der Waals surface area (Å²) in [6.07, 6.45) is 3.12. The van der Waals surface area contributed by atoms with Crippen molar-refractivity contribution in [3.63, 3.8) is 0 Å². The number of benzene rings is 2. The number of carbonyl (C=O) groups excluding carboxylic acids is 1. The maximum atomic E-state index is 11.3. The molecule has 0 N–H and O–H groups in total. The predicted molar refractivity (Wildman–Crippen MR) is 90.9 cm³/mol. The van der Waals surface area contributed by atoms with Gasteiger partial charge in [-0.1, -0.05) is 37.2 Å². The Bertz CT molecular complexity index is 699. The SMILES string of the molecule is CCCCN1c2ccccc2Sc2cc(C=O)c(OC)cc21. The number of para-hydroxylation sites is 1. The highest BCUT2D eigenvalue weighted by Gasteiger charge is 2.24. The second-order valence-electron chi connectivity index (χ2n) is 5.25. The summed E-state index contributed by atoms with van der Waals surface area (Å²) in [5.74, 6) is 0.634. The molecule has 4 heteroatoms. The Hall–Kier alpha value is -1.94. The van der Waals surface area contributed by atoms with Crippen molar-refractivity contribution >= 4 is 29.4 Å². The fourth-order valence-electron chi connectivity index (χ4n) is 2.70. The smallest absolute Gasteiger partial charge is 0.153 e. The molecule has 0 fully saturated rings. The first-order valence-electron chi connectivity index (χ1n) is 7.50. The van der Waals surface area contributed by atoms with E-state index in [0.717, 1.165) is 36.3 Å². The molecule has 0 atom stereocenters. The molecule has 0 aliphatic carbocycles. The summed E-state index contributed by atoms with van der Waals surface area (Å²) in [6.45, 7) is 3.16. The number of hydrogen-bond donors (Lipinski definition) is 0. The molecule has 1 heterocycles. The highest BCUT2D eigenvalue weighted by molar-refractivity contribution is 7.99. The van der Waals surface area contributed by atoms with Crippen molar-refractivity contribution in [2.24, 2.45) is 0 Å². The van der Waals surface area contributed by atoms with Crippen LogP contribution in [0.25, 0.3) is 0 Å². The molecule has 0 aromatic heterocycles. The van der Waals surface area contributed by atoms with Crippen molar-refractivity contribution in [3.8, 4) is 5.75 Å². The summed E-state index contributed by atoms with van der Waals surface area (Å²) in [5, 5.41) is 0. The Kier molecular flexibility index (Phi) is 4.39. The third kappa shape index (κ3) is 2.59. The Morgan fingerprint density at radius 1 is 1.18 bits per heavy atom. The summed E-state index contributed by atoms with van der Waals surface area (Å²) in [4.78, 5) is 15.9. The third-order valence-electron chi connectivity index (χ3n) is 3.84. The first-order chi connectivity index (χ1) is 10.8. The van der Waals surface area contributed by atoms with Crippen LogP contribution in [0.4, 0.5) is 11.4 Å². The molecule has 1 aliphatic heterocycles. The van der Waals surface area contributed by atoms with Gasteiger partial charge in [0.15, 0.2) is 6.29 Å². The van der Waals surface area contributed by atoms with Gasteiger partial charge in [0, 0.05) is 22.4 Å². The van der Waals surface area contributed by atoms with Gasteiger partial charge in [0.2, 0.25) is 0 Å². The Labute approximate surface area is 135 Å². The summed E-state index contributed by atoms with van der Waals surface area (Å²) in [6, 6.07) is 12.3. The lowest BCUT2D eigenvalue weighted by atomic mass is 10.1. The largest absolute Gasteiger partial charge is 0.496 e. The van der Waals surface area contributed by atoms with E-state index >= 15 is 0 Å². The van der Waals surface area contributed by atoms with Crippen LogP contribution in [-0.4, -0.2) is 19.9 Å². The monoisotopic (exact) mass is 313 g/mol. The van der Waals surface area contributed by atoms with Gasteiger partial charge in [0.05, 0.1) is 24.0 Å². The quantitative estimate of drug-likeness (QED) is 0.734. The van der Waals surface area contributed by atoms with Gasteiger partial charge >= 0.3 is 0 Å². The van der Waals surface area contributed by atoms with E-state index in [2.05, 4.69) is 36.1 Å². The molecular weight excluding hydrogens is 294 g/mol. The molecule has 2 aromatic rings. The molecule has 0 saturated heterocycles. The van der Waals surface area contributed by atoms with E-state index in [4.69, 9.17) is 4.74 Å². The molecule has 2 aromatic carbocycles. The van der Waals surface area contributed by atoms with Gasteiger partial charge in [-0.25, -0.2) is 0 Å². The van der Waals surface area contributed by atoms with Gasteiger partial charge < -0.3 is 9.64 Å². The predicted octanol–water partition coefficient (Wildman–Crippen LogP) is 4.91. The number of carbonyl (C=O) groups is 1. The van der Waals surface area contributed by atoms with Gasteiger partial charge in [-0.3, -0.25) is 4.79 Å². The van der Waals surface area contributed by atoms with Crippen molar-refractivity contribution in [3.05, 3.63) is 42.0 Å². The molecule has 0 spiro atoms. The van der Waals surface area contributed by atoms with Crippen LogP contribution in [0, 0.1) is 0 Å². The van der Waals surface area contributed by atoms with Gasteiger partial charge in [-0.2, -0.15) is 0 Å². The molecule has 0 saturated carbocycles. The van der Waals surface area contributed by atoms with Gasteiger partial charge in [-0.15, -0.1) is 0 Å². The zero-order valence-electron chi connectivity index (χ0n) is 12.8. The number of rotatable bonds is 5. The fourth-order valence-corrected chi connectivity index (χ4v) is 3.82. The van der Waals surface area contributed by atoms with E-state index in [9.17, 15) is 4.79 Å². The Balaban J connectivity index is 2.12. The average Bonchev–Trinajstić information content (AvgIpc) is 2.57. The number of hydrogen-bond acceptors (Lipinski definition) is 4. The summed E-state index contributed by atoms with van der Waals surface area (Å²) < 4.78 is 5.38. The number of fused-ring (bicyclic) bond motifs is 2. The van der Waals surface area contributed by atoms with Crippen molar-refractivity contribution < 1.29 is 9.53 Å². The number of unbranched alkanes of at least 4 members (excludes halogenated alkanes) is 1. The van der Waals surface area contributed by atoms with Crippen LogP contribution < -0.4 is 9.64 Å². The van der Waals surface area contributed by atoms with Crippen LogP contribution in [0.3, 0.4) is 0 Å². The van der Waals surface area contributed by atoms with Crippen LogP contribution in [0.5, 0.6) is 5.75 Å². The number of methoxy groups -OCH3 is 1. The van der Waals surface area contributed by atoms with Crippen LogP contribution in [0.2, 0.25) is 0 Å². The lowest BCUT2D eigenvalue weighted by molar-refractivity contribution is 0.112. The highest BCUT2D eigenvalue weighted by Crippen LogP contribution is 2.49. The third-order valence-corrected chi connectivity index (χ3v) is 4.95. The summed E-state index contributed by atoms with van der Waals surface area (Å²) in [7, 11) is 1.61. The number of nitrogens with zero attached hydrogens (tertiary/aromatic N) is 1. The molecule has 3 rings (SSSR count). The van der Waals surface area contributed by atoms with E-state index in [-0.39, 0.29) is 0 Å². The standard InChI is InChI=1S/C18H19NO2S/c1-3-4-9-19-14-7-5-6-8-17(14)22-18-10-13(12-20)16(21-2)11-15(18)19/h5-8,10-12H,3-4,9H2,1-2H3. The number of anilines is 2. The molecule has 0 bridgehead atoms. The lowest BCUT2D eigenvalue weighted by Crippen LogP contribution is -2.22. The van der Waals surface area contributed by atoms with Crippen molar-refractivity contribution in [2.75, 3.05) is 18.6 Å².